The number of hydrogen-bond acceptors (Lipinski definition) is 5. The third kappa shape index (κ3) is 3.62. The molecule has 1 aliphatic rings. The number of aromatic nitrogens is 3. The molecular weight excluding hydrogens is 388 g/mol. The molecule has 29 heavy (non-hydrogen) atoms. The highest BCUT2D eigenvalue weighted by atomic mass is 32.2. The summed E-state index contributed by atoms with van der Waals surface area (Å²) < 4.78 is 37.2. The van der Waals surface area contributed by atoms with Crippen LogP contribution in [0.1, 0.15) is 61.4 Å². The van der Waals surface area contributed by atoms with Crippen LogP contribution >= 0.6 is 0 Å². The first-order valence-electron chi connectivity index (χ1n) is 9.94. The fourth-order valence-electron chi connectivity index (χ4n) is 3.85. The van der Waals surface area contributed by atoms with Crippen molar-refractivity contribution in [3.63, 3.8) is 0 Å². The van der Waals surface area contributed by atoms with Crippen molar-refractivity contribution >= 4 is 10.0 Å². The van der Waals surface area contributed by atoms with Crippen LogP contribution in [0.25, 0.3) is 11.5 Å². The summed E-state index contributed by atoms with van der Waals surface area (Å²) in [5, 5.41) is 4.08. The van der Waals surface area contributed by atoms with E-state index in [1.807, 2.05) is 62.6 Å². The van der Waals surface area contributed by atoms with Gasteiger partial charge in [-0.05, 0) is 46.1 Å². The number of sulfonamides is 1. The van der Waals surface area contributed by atoms with Crippen LogP contribution < -0.4 is 4.72 Å². The molecule has 1 aromatic carbocycles. The highest BCUT2D eigenvalue weighted by Crippen LogP contribution is 2.41. The van der Waals surface area contributed by atoms with E-state index in [0.717, 1.165) is 24.1 Å². The summed E-state index contributed by atoms with van der Waals surface area (Å²) in [7, 11) is -3.82. The molecule has 2 heterocycles. The van der Waals surface area contributed by atoms with Gasteiger partial charge in [0.1, 0.15) is 4.90 Å². The lowest BCUT2D eigenvalue weighted by Crippen LogP contribution is -2.27. The molecule has 3 aromatic rings. The average Bonchev–Trinajstić information content (AvgIpc) is 3.37. The fraction of sp³-hybridized carbons (Fsp3) is 0.429. The van der Waals surface area contributed by atoms with Gasteiger partial charge in [-0.25, -0.2) is 13.1 Å². The summed E-state index contributed by atoms with van der Waals surface area (Å²) in [6, 6.07) is 9.14. The molecule has 1 N–H and O–H groups in total. The Labute approximate surface area is 171 Å². The average molecular weight is 415 g/mol. The highest BCUT2D eigenvalue weighted by molar-refractivity contribution is 7.89. The molecule has 7 nitrogen and oxygen atoms in total. The van der Waals surface area contributed by atoms with E-state index in [0.29, 0.717) is 29.5 Å². The van der Waals surface area contributed by atoms with Gasteiger partial charge < -0.3 is 9.09 Å². The highest BCUT2D eigenvalue weighted by Gasteiger charge is 2.34. The first-order valence-corrected chi connectivity index (χ1v) is 11.4. The first kappa shape index (κ1) is 19.8. The molecule has 0 amide bonds. The van der Waals surface area contributed by atoms with Crippen molar-refractivity contribution in [1.29, 1.82) is 0 Å². The Balaban J connectivity index is 1.79. The maximum Gasteiger partial charge on any atom is 0.261 e. The number of benzene rings is 1. The van der Waals surface area contributed by atoms with Crippen LogP contribution in [0, 0.1) is 13.8 Å². The largest absolute Gasteiger partial charge is 0.347 e. The lowest BCUT2D eigenvalue weighted by atomic mass is 10.1. The first-order chi connectivity index (χ1) is 13.8. The second-order valence-electron chi connectivity index (χ2n) is 7.60. The van der Waals surface area contributed by atoms with E-state index in [-0.39, 0.29) is 16.8 Å². The summed E-state index contributed by atoms with van der Waals surface area (Å²) in [5.74, 6) is 1.26. The minimum Gasteiger partial charge on any atom is -0.347 e. The number of nitrogens with one attached hydrogen (secondary N) is 1. The van der Waals surface area contributed by atoms with Crippen LogP contribution in [0.5, 0.6) is 0 Å². The molecule has 8 heteroatoms. The van der Waals surface area contributed by atoms with Crippen LogP contribution in [-0.2, 0) is 16.6 Å². The molecule has 0 radical (unpaired) electrons. The van der Waals surface area contributed by atoms with Gasteiger partial charge in [-0.15, -0.1) is 0 Å². The molecule has 0 saturated heterocycles. The fourth-order valence-corrected chi connectivity index (χ4v) is 5.58. The molecule has 1 fully saturated rings. The van der Waals surface area contributed by atoms with Crippen molar-refractivity contribution in [2.75, 3.05) is 0 Å². The van der Waals surface area contributed by atoms with Gasteiger partial charge in [0.05, 0.1) is 5.56 Å². The van der Waals surface area contributed by atoms with Gasteiger partial charge >= 0.3 is 0 Å². The molecule has 1 aliphatic carbocycles. The molecule has 2 aromatic heterocycles. The van der Waals surface area contributed by atoms with E-state index in [2.05, 4.69) is 14.9 Å². The van der Waals surface area contributed by atoms with Crippen LogP contribution in [0.2, 0.25) is 0 Å². The van der Waals surface area contributed by atoms with Gasteiger partial charge in [0, 0.05) is 29.9 Å². The van der Waals surface area contributed by atoms with Crippen molar-refractivity contribution < 1.29 is 12.9 Å². The normalized spacial score (nSPS) is 15.6. The zero-order valence-electron chi connectivity index (χ0n) is 17.1. The van der Waals surface area contributed by atoms with Crippen LogP contribution in [0.3, 0.4) is 0 Å². The second-order valence-corrected chi connectivity index (χ2v) is 9.26. The quantitative estimate of drug-likeness (QED) is 0.629. The predicted octanol–water partition coefficient (Wildman–Crippen LogP) is 4.09. The molecule has 154 valence electrons. The van der Waals surface area contributed by atoms with Crippen LogP contribution in [0.15, 0.2) is 39.8 Å². The van der Waals surface area contributed by atoms with Gasteiger partial charge in [0.25, 0.3) is 5.89 Å². The molecule has 0 aliphatic heterocycles. The van der Waals surface area contributed by atoms with Crippen LogP contribution in [-0.4, -0.2) is 23.1 Å². The molecule has 0 spiro atoms. The van der Waals surface area contributed by atoms with Gasteiger partial charge in [-0.1, -0.05) is 35.5 Å². The van der Waals surface area contributed by atoms with E-state index in [9.17, 15) is 8.42 Å². The minimum atomic E-state index is -3.82. The van der Waals surface area contributed by atoms with E-state index in [1.165, 1.54) is 0 Å². The Bertz CT molecular complexity index is 1130. The van der Waals surface area contributed by atoms with Gasteiger partial charge in [-0.3, -0.25) is 0 Å². The lowest BCUT2D eigenvalue weighted by molar-refractivity contribution is 0.421. The van der Waals surface area contributed by atoms with E-state index in [4.69, 9.17) is 4.52 Å². The van der Waals surface area contributed by atoms with E-state index >= 15 is 0 Å². The summed E-state index contributed by atoms with van der Waals surface area (Å²) in [5.41, 5.74) is 2.87. The molecule has 1 saturated carbocycles. The van der Waals surface area contributed by atoms with Gasteiger partial charge in [0.15, 0.2) is 5.82 Å². The number of nitrogens with zero attached hydrogens (tertiary/aromatic N) is 3. The van der Waals surface area contributed by atoms with Crippen molar-refractivity contribution in [2.45, 2.75) is 63.9 Å². The lowest BCUT2D eigenvalue weighted by Gasteiger charge is -2.15. The standard InChI is InChI=1S/C21H26N4O3S/c1-5-25-14(3)18(21-22-20(23-28-21)17-11-12-17)19(15(25)4)29(26,27)24-13(2)16-9-7-6-8-10-16/h6-10,13,17,24H,5,11-12H2,1-4H3. The topological polar surface area (TPSA) is 90.0 Å². The maximum absolute atomic E-state index is 13.5. The minimum absolute atomic E-state index is 0.214. The van der Waals surface area contributed by atoms with Gasteiger partial charge in [-0.2, -0.15) is 4.98 Å². The van der Waals surface area contributed by atoms with Gasteiger partial charge in [0.2, 0.25) is 10.0 Å². The zero-order chi connectivity index (χ0) is 20.8. The summed E-state index contributed by atoms with van der Waals surface area (Å²) in [4.78, 5) is 4.73. The Morgan fingerprint density at radius 3 is 2.52 bits per heavy atom. The zero-order valence-corrected chi connectivity index (χ0v) is 18.0. The summed E-state index contributed by atoms with van der Waals surface area (Å²) in [6.45, 7) is 8.19. The second kappa shape index (κ2) is 7.42. The van der Waals surface area contributed by atoms with Crippen molar-refractivity contribution in [3.8, 4) is 11.5 Å². The van der Waals surface area contributed by atoms with Crippen molar-refractivity contribution in [2.24, 2.45) is 0 Å². The Hall–Kier alpha value is -2.45. The number of hydrogen-bond donors (Lipinski definition) is 1. The SMILES string of the molecule is CCn1c(C)c(-c2nc(C3CC3)no2)c(S(=O)(=O)NC(C)c2ccccc2)c1C. The van der Waals surface area contributed by atoms with Crippen LogP contribution in [0.4, 0.5) is 0 Å². The Morgan fingerprint density at radius 2 is 1.90 bits per heavy atom. The molecule has 1 unspecified atom stereocenters. The van der Waals surface area contributed by atoms with E-state index in [1.54, 1.807) is 0 Å². The molecule has 0 bridgehead atoms. The van der Waals surface area contributed by atoms with Crippen molar-refractivity contribution in [1.82, 2.24) is 19.4 Å². The smallest absolute Gasteiger partial charge is 0.261 e. The Kier molecular flexibility index (Phi) is 5.08. The molecular formula is C21H26N4O3S. The van der Waals surface area contributed by atoms with E-state index < -0.39 is 10.0 Å². The number of rotatable bonds is 7. The Morgan fingerprint density at radius 1 is 1.21 bits per heavy atom. The van der Waals surface area contributed by atoms with Crippen molar-refractivity contribution in [3.05, 3.63) is 53.1 Å². The summed E-state index contributed by atoms with van der Waals surface area (Å²) in [6.07, 6.45) is 2.10. The maximum atomic E-state index is 13.5. The third-order valence-electron chi connectivity index (χ3n) is 5.54. The summed E-state index contributed by atoms with van der Waals surface area (Å²) >= 11 is 0. The monoisotopic (exact) mass is 414 g/mol. The predicted molar refractivity (Wildman–Crippen MR) is 110 cm³/mol. The molecule has 1 atom stereocenters. The third-order valence-corrected chi connectivity index (χ3v) is 7.24. The molecule has 4 rings (SSSR count).